The van der Waals surface area contributed by atoms with Gasteiger partial charge in [-0.25, -0.2) is 0 Å². The third-order valence-electron chi connectivity index (χ3n) is 2.99. The van der Waals surface area contributed by atoms with Crippen LogP contribution in [0.4, 0.5) is 5.69 Å². The molecule has 0 unspecified atom stereocenters. The molecule has 1 aromatic carbocycles. The first-order chi connectivity index (χ1) is 8.20. The molecule has 0 spiro atoms. The lowest BCUT2D eigenvalue weighted by atomic mass is 10.1. The van der Waals surface area contributed by atoms with E-state index in [2.05, 4.69) is 41.7 Å². The smallest absolute Gasteiger partial charge is 0.138 e. The predicted octanol–water partition coefficient (Wildman–Crippen LogP) is 3.47. The predicted molar refractivity (Wildman–Crippen MR) is 69.1 cm³/mol. The van der Waals surface area contributed by atoms with Crippen molar-refractivity contribution in [3.63, 3.8) is 0 Å². The topological polar surface area (TPSA) is 38.1 Å². The van der Waals surface area contributed by atoms with Gasteiger partial charge >= 0.3 is 0 Å². The van der Waals surface area contributed by atoms with Crippen LogP contribution in [0.25, 0.3) is 0 Å². The summed E-state index contributed by atoms with van der Waals surface area (Å²) in [6, 6.07) is 8.48. The first kappa shape index (κ1) is 11.7. The van der Waals surface area contributed by atoms with Gasteiger partial charge in [0.15, 0.2) is 0 Å². The molecule has 0 fully saturated rings. The zero-order chi connectivity index (χ0) is 12.3. The van der Waals surface area contributed by atoms with Crippen LogP contribution in [0.5, 0.6) is 0 Å². The number of hydrogen-bond acceptors (Lipinski definition) is 3. The third-order valence-corrected chi connectivity index (χ3v) is 2.99. The largest absolute Gasteiger partial charge is 0.381 e. The van der Waals surface area contributed by atoms with E-state index in [9.17, 15) is 0 Å². The fourth-order valence-electron chi connectivity index (χ4n) is 1.85. The van der Waals surface area contributed by atoms with Crippen LogP contribution >= 0.6 is 0 Å². The van der Waals surface area contributed by atoms with Gasteiger partial charge in [-0.15, -0.1) is 0 Å². The minimum absolute atomic E-state index is 0.758. The molecule has 1 N–H and O–H groups in total. The molecule has 0 aliphatic heterocycles. The van der Waals surface area contributed by atoms with Crippen LogP contribution in [0.1, 0.15) is 29.5 Å². The van der Waals surface area contributed by atoms with E-state index < -0.39 is 0 Å². The van der Waals surface area contributed by atoms with Crippen molar-refractivity contribution in [3.05, 3.63) is 46.8 Å². The van der Waals surface area contributed by atoms with Crippen molar-refractivity contribution in [1.29, 1.82) is 0 Å². The van der Waals surface area contributed by atoms with Gasteiger partial charge in [0.05, 0.1) is 5.69 Å². The van der Waals surface area contributed by atoms with Crippen LogP contribution in [0.15, 0.2) is 28.8 Å². The SMILES string of the molecule is CCc1cccc(NCc2c(C)noc2C)c1. The number of nitrogens with one attached hydrogen (secondary N) is 1. The first-order valence-corrected chi connectivity index (χ1v) is 5.95. The summed E-state index contributed by atoms with van der Waals surface area (Å²) in [4.78, 5) is 0. The quantitative estimate of drug-likeness (QED) is 0.874. The second kappa shape index (κ2) is 5.04. The fraction of sp³-hybridized carbons (Fsp3) is 0.357. The van der Waals surface area contributed by atoms with Crippen molar-refractivity contribution < 1.29 is 4.52 Å². The van der Waals surface area contributed by atoms with Gasteiger partial charge in [0, 0.05) is 17.8 Å². The van der Waals surface area contributed by atoms with Gasteiger partial charge in [0.2, 0.25) is 0 Å². The molecule has 90 valence electrons. The maximum atomic E-state index is 5.14. The summed E-state index contributed by atoms with van der Waals surface area (Å²) >= 11 is 0. The second-order valence-electron chi connectivity index (χ2n) is 4.21. The zero-order valence-corrected chi connectivity index (χ0v) is 10.6. The van der Waals surface area contributed by atoms with E-state index in [0.717, 1.165) is 35.7 Å². The molecular weight excluding hydrogens is 212 g/mol. The van der Waals surface area contributed by atoms with Gasteiger partial charge in [-0.2, -0.15) is 0 Å². The van der Waals surface area contributed by atoms with Crippen LogP contribution in [-0.4, -0.2) is 5.16 Å². The Balaban J connectivity index is 2.07. The molecule has 0 atom stereocenters. The van der Waals surface area contributed by atoms with Crippen LogP contribution in [0.3, 0.4) is 0 Å². The lowest BCUT2D eigenvalue weighted by Crippen LogP contribution is -2.01. The molecule has 17 heavy (non-hydrogen) atoms. The minimum atomic E-state index is 0.758. The summed E-state index contributed by atoms with van der Waals surface area (Å²) in [5.41, 5.74) is 4.59. The monoisotopic (exact) mass is 230 g/mol. The Hall–Kier alpha value is -1.77. The number of hydrogen-bond donors (Lipinski definition) is 1. The molecule has 3 nitrogen and oxygen atoms in total. The van der Waals surface area contributed by atoms with Crippen LogP contribution < -0.4 is 5.32 Å². The highest BCUT2D eigenvalue weighted by Crippen LogP contribution is 2.16. The van der Waals surface area contributed by atoms with Crippen LogP contribution in [0.2, 0.25) is 0 Å². The van der Waals surface area contributed by atoms with Crippen molar-refractivity contribution in [1.82, 2.24) is 5.16 Å². The van der Waals surface area contributed by atoms with Gasteiger partial charge in [-0.3, -0.25) is 0 Å². The summed E-state index contributed by atoms with van der Waals surface area (Å²) < 4.78 is 5.14. The van der Waals surface area contributed by atoms with Gasteiger partial charge in [-0.05, 0) is 38.0 Å². The summed E-state index contributed by atoms with van der Waals surface area (Å²) in [5, 5.41) is 7.35. The van der Waals surface area contributed by atoms with Gasteiger partial charge < -0.3 is 9.84 Å². The highest BCUT2D eigenvalue weighted by molar-refractivity contribution is 5.46. The number of anilines is 1. The second-order valence-corrected chi connectivity index (χ2v) is 4.21. The van der Waals surface area contributed by atoms with Crippen molar-refractivity contribution in [2.45, 2.75) is 33.7 Å². The van der Waals surface area contributed by atoms with Gasteiger partial charge in [0.25, 0.3) is 0 Å². The molecule has 1 aromatic heterocycles. The maximum Gasteiger partial charge on any atom is 0.138 e. The van der Waals surface area contributed by atoms with Crippen molar-refractivity contribution in [2.24, 2.45) is 0 Å². The summed E-state index contributed by atoms with van der Waals surface area (Å²) in [7, 11) is 0. The number of nitrogens with zero attached hydrogens (tertiary/aromatic N) is 1. The van der Waals surface area contributed by atoms with Gasteiger partial charge in [0.1, 0.15) is 5.76 Å². The van der Waals surface area contributed by atoms with Crippen LogP contribution in [0, 0.1) is 13.8 Å². The molecule has 2 rings (SSSR count). The molecule has 0 aliphatic carbocycles. The Bertz CT molecular complexity index is 483. The molecule has 0 radical (unpaired) electrons. The van der Waals surface area contributed by atoms with Crippen molar-refractivity contribution >= 4 is 5.69 Å². The Morgan fingerprint density at radius 1 is 1.29 bits per heavy atom. The summed E-state index contributed by atoms with van der Waals surface area (Å²) in [6.45, 7) is 6.83. The number of aryl methyl sites for hydroxylation is 3. The number of benzene rings is 1. The first-order valence-electron chi connectivity index (χ1n) is 5.95. The lowest BCUT2D eigenvalue weighted by molar-refractivity contribution is 0.392. The normalized spacial score (nSPS) is 10.5. The molecule has 3 heteroatoms. The molecule has 0 aliphatic rings. The number of aromatic nitrogens is 1. The highest BCUT2D eigenvalue weighted by atomic mass is 16.5. The van der Waals surface area contributed by atoms with E-state index in [1.807, 2.05) is 13.8 Å². The molecule has 2 aromatic rings. The van der Waals surface area contributed by atoms with E-state index in [-0.39, 0.29) is 0 Å². The third kappa shape index (κ3) is 2.67. The molecule has 0 saturated heterocycles. The van der Waals surface area contributed by atoms with Gasteiger partial charge in [-0.1, -0.05) is 24.2 Å². The summed E-state index contributed by atoms with van der Waals surface area (Å²) in [5.74, 6) is 0.890. The maximum absolute atomic E-state index is 5.14. The van der Waals surface area contributed by atoms with E-state index in [4.69, 9.17) is 4.52 Å². The Kier molecular flexibility index (Phi) is 3.47. The Morgan fingerprint density at radius 3 is 2.76 bits per heavy atom. The van der Waals surface area contributed by atoms with E-state index in [1.165, 1.54) is 5.56 Å². The average Bonchev–Trinajstić information content (AvgIpc) is 2.67. The molecule has 1 heterocycles. The standard InChI is InChI=1S/C14H18N2O/c1-4-12-6-5-7-13(8-12)15-9-14-10(2)16-17-11(14)3/h5-8,15H,4,9H2,1-3H3. The van der Waals surface area contributed by atoms with E-state index >= 15 is 0 Å². The van der Waals surface area contributed by atoms with Crippen molar-refractivity contribution in [2.75, 3.05) is 5.32 Å². The van der Waals surface area contributed by atoms with Crippen LogP contribution in [-0.2, 0) is 13.0 Å². The lowest BCUT2D eigenvalue weighted by Gasteiger charge is -2.07. The molecular formula is C14H18N2O. The Morgan fingerprint density at radius 2 is 2.12 bits per heavy atom. The van der Waals surface area contributed by atoms with E-state index in [1.54, 1.807) is 0 Å². The minimum Gasteiger partial charge on any atom is -0.381 e. The molecule has 0 bridgehead atoms. The fourth-order valence-corrected chi connectivity index (χ4v) is 1.85. The Labute approximate surface area is 102 Å². The highest BCUT2D eigenvalue weighted by Gasteiger charge is 2.08. The molecule has 0 amide bonds. The number of rotatable bonds is 4. The average molecular weight is 230 g/mol. The van der Waals surface area contributed by atoms with E-state index in [0.29, 0.717) is 0 Å². The van der Waals surface area contributed by atoms with Crippen molar-refractivity contribution in [3.8, 4) is 0 Å². The summed E-state index contributed by atoms with van der Waals surface area (Å²) in [6.07, 6.45) is 1.06. The zero-order valence-electron chi connectivity index (χ0n) is 10.6. The molecule has 0 saturated carbocycles.